The summed E-state index contributed by atoms with van der Waals surface area (Å²) in [6, 6.07) is 15.5. The van der Waals surface area contributed by atoms with Gasteiger partial charge in [0.2, 0.25) is 5.91 Å². The highest BCUT2D eigenvalue weighted by Crippen LogP contribution is 2.22. The molecule has 0 saturated carbocycles. The van der Waals surface area contributed by atoms with E-state index >= 15 is 0 Å². The number of aryl methyl sites for hydroxylation is 1. The molecule has 4 heteroatoms. The molecule has 21 heavy (non-hydrogen) atoms. The maximum absolute atomic E-state index is 11.8. The highest BCUT2D eigenvalue weighted by Gasteiger charge is 2.03. The molecular formula is C17H20N2OS. The normalized spacial score (nSPS) is 10.3. The van der Waals surface area contributed by atoms with Crippen LogP contribution in [0.5, 0.6) is 0 Å². The largest absolute Gasteiger partial charge is 0.399 e. The summed E-state index contributed by atoms with van der Waals surface area (Å²) in [4.78, 5) is 13.1. The van der Waals surface area contributed by atoms with Crippen molar-refractivity contribution in [3.8, 4) is 0 Å². The second-order valence-electron chi connectivity index (χ2n) is 4.89. The van der Waals surface area contributed by atoms with Crippen molar-refractivity contribution < 1.29 is 4.79 Å². The van der Waals surface area contributed by atoms with Crippen LogP contribution in [-0.4, -0.2) is 11.7 Å². The molecule has 0 heterocycles. The molecule has 0 aromatic heterocycles. The van der Waals surface area contributed by atoms with Crippen molar-refractivity contribution in [2.45, 2.75) is 24.7 Å². The van der Waals surface area contributed by atoms with Crippen molar-refractivity contribution >= 4 is 29.0 Å². The summed E-state index contributed by atoms with van der Waals surface area (Å²) in [7, 11) is 0. The molecule has 3 N–H and O–H groups in total. The summed E-state index contributed by atoms with van der Waals surface area (Å²) < 4.78 is 0. The third-order valence-electron chi connectivity index (χ3n) is 3.07. The number of amides is 1. The summed E-state index contributed by atoms with van der Waals surface area (Å²) in [5, 5.41) is 2.86. The van der Waals surface area contributed by atoms with Gasteiger partial charge in [-0.25, -0.2) is 0 Å². The highest BCUT2D eigenvalue weighted by molar-refractivity contribution is 7.99. The van der Waals surface area contributed by atoms with Crippen LogP contribution in [0, 0.1) is 6.92 Å². The number of rotatable bonds is 6. The minimum atomic E-state index is 0.0333. The van der Waals surface area contributed by atoms with Crippen molar-refractivity contribution in [2.75, 3.05) is 16.8 Å². The fourth-order valence-electron chi connectivity index (χ4n) is 1.97. The van der Waals surface area contributed by atoms with Crippen molar-refractivity contribution in [2.24, 2.45) is 0 Å². The van der Waals surface area contributed by atoms with E-state index in [0.717, 1.165) is 17.9 Å². The van der Waals surface area contributed by atoms with Crippen LogP contribution in [0.1, 0.15) is 18.4 Å². The van der Waals surface area contributed by atoms with Gasteiger partial charge in [-0.1, -0.05) is 24.3 Å². The van der Waals surface area contributed by atoms with Crippen LogP contribution in [0.3, 0.4) is 0 Å². The van der Waals surface area contributed by atoms with Gasteiger partial charge in [-0.2, -0.15) is 0 Å². The average Bonchev–Trinajstić information content (AvgIpc) is 2.45. The van der Waals surface area contributed by atoms with Gasteiger partial charge in [0.25, 0.3) is 0 Å². The number of hydrogen-bond donors (Lipinski definition) is 2. The zero-order chi connectivity index (χ0) is 15.1. The van der Waals surface area contributed by atoms with Crippen LogP contribution in [0.4, 0.5) is 11.4 Å². The fraction of sp³-hybridized carbons (Fsp3) is 0.235. The summed E-state index contributed by atoms with van der Waals surface area (Å²) in [6.07, 6.45) is 1.38. The number of anilines is 2. The van der Waals surface area contributed by atoms with E-state index in [1.54, 1.807) is 23.9 Å². The lowest BCUT2D eigenvalue weighted by molar-refractivity contribution is -0.116. The number of thioether (sulfide) groups is 1. The van der Waals surface area contributed by atoms with E-state index in [-0.39, 0.29) is 5.91 Å². The minimum Gasteiger partial charge on any atom is -0.399 e. The van der Waals surface area contributed by atoms with Crippen LogP contribution in [0.15, 0.2) is 53.4 Å². The Balaban J connectivity index is 1.71. The molecule has 0 radical (unpaired) electrons. The highest BCUT2D eigenvalue weighted by atomic mass is 32.2. The Labute approximate surface area is 129 Å². The lowest BCUT2D eigenvalue weighted by Gasteiger charge is -2.07. The summed E-state index contributed by atoms with van der Waals surface area (Å²) in [5.74, 6) is 0.973. The van der Waals surface area contributed by atoms with Crippen molar-refractivity contribution in [1.29, 1.82) is 0 Å². The molecule has 0 aliphatic rings. The Morgan fingerprint density at radius 2 is 2.00 bits per heavy atom. The molecule has 110 valence electrons. The second-order valence-corrected chi connectivity index (χ2v) is 6.03. The topological polar surface area (TPSA) is 55.1 Å². The monoisotopic (exact) mass is 300 g/mol. The molecule has 0 saturated heterocycles. The Hall–Kier alpha value is -1.94. The first-order valence-electron chi connectivity index (χ1n) is 6.99. The Kier molecular flexibility index (Phi) is 5.69. The lowest BCUT2D eigenvalue weighted by Crippen LogP contribution is -2.11. The number of benzene rings is 2. The van der Waals surface area contributed by atoms with Gasteiger partial charge in [-0.05, 0) is 48.9 Å². The number of hydrogen-bond acceptors (Lipinski definition) is 3. The van der Waals surface area contributed by atoms with Gasteiger partial charge >= 0.3 is 0 Å². The van der Waals surface area contributed by atoms with E-state index in [9.17, 15) is 4.79 Å². The number of carbonyl (C=O) groups is 1. The first-order valence-corrected chi connectivity index (χ1v) is 7.97. The van der Waals surface area contributed by atoms with Crippen molar-refractivity contribution in [3.63, 3.8) is 0 Å². The fourth-order valence-corrected chi connectivity index (χ4v) is 2.95. The van der Waals surface area contributed by atoms with Crippen LogP contribution >= 0.6 is 11.8 Å². The van der Waals surface area contributed by atoms with Crippen LogP contribution in [0.25, 0.3) is 0 Å². The second kappa shape index (κ2) is 7.74. The van der Waals surface area contributed by atoms with Gasteiger partial charge in [0.1, 0.15) is 0 Å². The minimum absolute atomic E-state index is 0.0333. The molecule has 2 aromatic rings. The van der Waals surface area contributed by atoms with Crippen molar-refractivity contribution in [3.05, 3.63) is 54.1 Å². The maximum atomic E-state index is 11.8. The molecule has 2 aromatic carbocycles. The third-order valence-corrected chi connectivity index (χ3v) is 4.33. The molecule has 1 amide bonds. The Bertz CT molecular complexity index is 613. The number of nitrogens with two attached hydrogens (primary N) is 1. The van der Waals surface area contributed by atoms with Gasteiger partial charge < -0.3 is 11.1 Å². The number of nitrogens with one attached hydrogen (secondary N) is 1. The molecule has 0 unspecified atom stereocenters. The number of carbonyl (C=O) groups excluding carboxylic acids is 1. The van der Waals surface area contributed by atoms with Gasteiger partial charge in [0.05, 0.1) is 0 Å². The van der Waals surface area contributed by atoms with Gasteiger partial charge in [0.15, 0.2) is 0 Å². The smallest absolute Gasteiger partial charge is 0.224 e. The van der Waals surface area contributed by atoms with E-state index in [2.05, 4.69) is 24.4 Å². The average molecular weight is 300 g/mol. The molecule has 0 fully saturated rings. The first-order chi connectivity index (χ1) is 10.1. The van der Waals surface area contributed by atoms with Gasteiger partial charge in [-0.15, -0.1) is 11.8 Å². The zero-order valence-electron chi connectivity index (χ0n) is 12.1. The molecule has 3 nitrogen and oxygen atoms in total. The summed E-state index contributed by atoms with van der Waals surface area (Å²) in [5.41, 5.74) is 8.38. The van der Waals surface area contributed by atoms with Crippen molar-refractivity contribution in [1.82, 2.24) is 0 Å². The predicted octanol–water partition coefficient (Wildman–Crippen LogP) is 4.09. The predicted molar refractivity (Wildman–Crippen MR) is 90.6 cm³/mol. The summed E-state index contributed by atoms with van der Waals surface area (Å²) >= 11 is 1.80. The molecular weight excluding hydrogens is 280 g/mol. The molecule has 0 spiro atoms. The molecule has 0 aliphatic carbocycles. The quantitative estimate of drug-likeness (QED) is 0.480. The maximum Gasteiger partial charge on any atom is 0.224 e. The van der Waals surface area contributed by atoms with Gasteiger partial charge in [0, 0.05) is 22.7 Å². The van der Waals surface area contributed by atoms with E-state index in [0.29, 0.717) is 12.1 Å². The molecule has 0 aliphatic heterocycles. The van der Waals surface area contributed by atoms with Gasteiger partial charge in [-0.3, -0.25) is 4.79 Å². The summed E-state index contributed by atoms with van der Waals surface area (Å²) in [6.45, 7) is 2.11. The standard InChI is InChI=1S/C17H20N2OS/c1-13-6-2-3-9-16(13)21-11-5-10-17(20)19-15-8-4-7-14(18)12-15/h2-4,6-9,12H,5,10-11,18H2,1H3,(H,19,20). The lowest BCUT2D eigenvalue weighted by atomic mass is 10.2. The number of nitrogen functional groups attached to an aromatic ring is 1. The molecule has 0 atom stereocenters. The SMILES string of the molecule is Cc1ccccc1SCCCC(=O)Nc1cccc(N)c1. The third kappa shape index (κ3) is 5.16. The van der Waals surface area contributed by atoms with E-state index in [1.165, 1.54) is 10.5 Å². The first kappa shape index (κ1) is 15.4. The van der Waals surface area contributed by atoms with Crippen LogP contribution in [-0.2, 0) is 4.79 Å². The Morgan fingerprint density at radius 1 is 1.19 bits per heavy atom. The molecule has 0 bridgehead atoms. The molecule has 2 rings (SSSR count). The van der Waals surface area contributed by atoms with Crippen LogP contribution < -0.4 is 11.1 Å². The Morgan fingerprint density at radius 3 is 2.76 bits per heavy atom. The van der Waals surface area contributed by atoms with E-state index in [1.807, 2.05) is 24.3 Å². The van der Waals surface area contributed by atoms with E-state index < -0.39 is 0 Å². The van der Waals surface area contributed by atoms with E-state index in [4.69, 9.17) is 5.73 Å². The van der Waals surface area contributed by atoms with Crippen LogP contribution in [0.2, 0.25) is 0 Å². The zero-order valence-corrected chi connectivity index (χ0v) is 13.0.